The van der Waals surface area contributed by atoms with E-state index in [9.17, 15) is 9.59 Å². The number of carbonyl (C=O) groups is 2. The Kier molecular flexibility index (Phi) is 14.7. The van der Waals surface area contributed by atoms with Gasteiger partial charge in [0.2, 0.25) is 0 Å². The molecule has 31 heavy (non-hydrogen) atoms. The van der Waals surface area contributed by atoms with E-state index in [-0.39, 0.29) is 23.1 Å². The fourth-order valence-corrected chi connectivity index (χ4v) is 3.74. The van der Waals surface area contributed by atoms with Gasteiger partial charge in [-0.05, 0) is 30.9 Å². The maximum atomic E-state index is 12.6. The molecule has 176 valence electrons. The number of hydrogen-bond donors (Lipinski definition) is 0. The molecule has 0 amide bonds. The van der Waals surface area contributed by atoms with Crippen LogP contribution < -0.4 is 0 Å². The molecule has 1 atom stereocenters. The topological polar surface area (TPSA) is 52.6 Å². The summed E-state index contributed by atoms with van der Waals surface area (Å²) < 4.78 is 11.0. The summed E-state index contributed by atoms with van der Waals surface area (Å²) in [5, 5.41) is 0. The predicted octanol–water partition coefficient (Wildman–Crippen LogP) is 7.75. The highest BCUT2D eigenvalue weighted by Crippen LogP contribution is 2.17. The van der Waals surface area contributed by atoms with Crippen molar-refractivity contribution in [1.29, 1.82) is 0 Å². The number of rotatable bonds is 17. The largest absolute Gasteiger partial charge is 0.462 e. The lowest BCUT2D eigenvalue weighted by Crippen LogP contribution is -2.24. The molecule has 4 heteroatoms. The van der Waals surface area contributed by atoms with Crippen molar-refractivity contribution in [3.63, 3.8) is 0 Å². The van der Waals surface area contributed by atoms with Crippen molar-refractivity contribution < 1.29 is 19.1 Å². The average Bonchev–Trinajstić information content (AvgIpc) is 2.77. The summed E-state index contributed by atoms with van der Waals surface area (Å²) >= 11 is 0. The summed E-state index contributed by atoms with van der Waals surface area (Å²) in [6.45, 7) is 8.68. The van der Waals surface area contributed by atoms with Gasteiger partial charge < -0.3 is 9.47 Å². The van der Waals surface area contributed by atoms with Crippen LogP contribution in [0.1, 0.15) is 125 Å². The normalized spacial score (nSPS) is 12.0. The zero-order valence-corrected chi connectivity index (χ0v) is 20.3. The Hall–Kier alpha value is -1.84. The molecule has 0 bridgehead atoms. The standard InChI is InChI=1S/C27H44O4/c1-5-7-8-9-10-11-12-13-14-15-18-21-30-26(28)23-19-16-17-20-24(23)27(29)31-25(6-2)22(3)4/h16-17,19-20,22,25H,5-15,18,21H2,1-4H3. The van der Waals surface area contributed by atoms with Gasteiger partial charge in [-0.15, -0.1) is 0 Å². The molecule has 0 aliphatic heterocycles. The molecule has 0 aliphatic rings. The molecule has 0 aromatic heterocycles. The van der Waals surface area contributed by atoms with E-state index in [0.29, 0.717) is 6.61 Å². The zero-order valence-electron chi connectivity index (χ0n) is 20.3. The van der Waals surface area contributed by atoms with Crippen molar-refractivity contribution in [2.45, 2.75) is 111 Å². The highest BCUT2D eigenvalue weighted by atomic mass is 16.5. The molecule has 1 rings (SSSR count). The van der Waals surface area contributed by atoms with Gasteiger partial charge in [0.25, 0.3) is 0 Å². The second-order valence-electron chi connectivity index (χ2n) is 8.81. The summed E-state index contributed by atoms with van der Waals surface area (Å²) in [4.78, 5) is 25.1. The van der Waals surface area contributed by atoms with Crippen LogP contribution in [0, 0.1) is 5.92 Å². The van der Waals surface area contributed by atoms with Crippen molar-refractivity contribution in [2.24, 2.45) is 5.92 Å². The molecule has 0 saturated heterocycles. The second-order valence-corrected chi connectivity index (χ2v) is 8.81. The second kappa shape index (κ2) is 16.8. The number of ether oxygens (including phenoxy) is 2. The first kappa shape index (κ1) is 27.2. The minimum atomic E-state index is -0.456. The van der Waals surface area contributed by atoms with Crippen LogP contribution in [0.5, 0.6) is 0 Å². The van der Waals surface area contributed by atoms with E-state index in [1.807, 2.05) is 20.8 Å². The van der Waals surface area contributed by atoms with Crippen molar-refractivity contribution in [2.75, 3.05) is 6.61 Å². The fraction of sp³-hybridized carbons (Fsp3) is 0.704. The fourth-order valence-electron chi connectivity index (χ4n) is 3.74. The van der Waals surface area contributed by atoms with Crippen LogP contribution in [0.2, 0.25) is 0 Å². The van der Waals surface area contributed by atoms with E-state index in [1.165, 1.54) is 57.8 Å². The van der Waals surface area contributed by atoms with Crippen molar-refractivity contribution in [3.05, 3.63) is 35.4 Å². The highest BCUT2D eigenvalue weighted by Gasteiger charge is 2.22. The molecule has 1 aromatic carbocycles. The molecular formula is C27H44O4. The van der Waals surface area contributed by atoms with E-state index in [2.05, 4.69) is 6.92 Å². The molecule has 0 spiro atoms. The maximum absolute atomic E-state index is 12.6. The minimum absolute atomic E-state index is 0.159. The van der Waals surface area contributed by atoms with Gasteiger partial charge in [0.05, 0.1) is 17.7 Å². The highest BCUT2D eigenvalue weighted by molar-refractivity contribution is 6.03. The Morgan fingerprint density at radius 3 is 1.71 bits per heavy atom. The zero-order chi connectivity index (χ0) is 22.9. The van der Waals surface area contributed by atoms with Gasteiger partial charge in [0, 0.05) is 0 Å². The Labute approximate surface area is 190 Å². The summed E-state index contributed by atoms with van der Waals surface area (Å²) in [6.07, 6.45) is 14.4. The Morgan fingerprint density at radius 1 is 0.742 bits per heavy atom. The van der Waals surface area contributed by atoms with Gasteiger partial charge in [0.15, 0.2) is 0 Å². The van der Waals surface area contributed by atoms with E-state index in [1.54, 1.807) is 24.3 Å². The molecule has 0 N–H and O–H groups in total. The van der Waals surface area contributed by atoms with Crippen LogP contribution >= 0.6 is 0 Å². The number of carbonyl (C=O) groups excluding carboxylic acids is 2. The van der Waals surface area contributed by atoms with Crippen molar-refractivity contribution in [1.82, 2.24) is 0 Å². The first-order valence-electron chi connectivity index (χ1n) is 12.5. The minimum Gasteiger partial charge on any atom is -0.462 e. The van der Waals surface area contributed by atoms with E-state index in [4.69, 9.17) is 9.47 Å². The summed E-state index contributed by atoms with van der Waals surface area (Å²) in [5.74, 6) is -0.672. The third-order valence-corrected chi connectivity index (χ3v) is 5.75. The van der Waals surface area contributed by atoms with Gasteiger partial charge >= 0.3 is 11.9 Å². The molecule has 0 aliphatic carbocycles. The lowest BCUT2D eigenvalue weighted by atomic mass is 10.0. The van der Waals surface area contributed by atoms with E-state index in [0.717, 1.165) is 19.3 Å². The van der Waals surface area contributed by atoms with Gasteiger partial charge in [-0.2, -0.15) is 0 Å². The van der Waals surface area contributed by atoms with Gasteiger partial charge in [-0.3, -0.25) is 0 Å². The van der Waals surface area contributed by atoms with Gasteiger partial charge in [0.1, 0.15) is 6.10 Å². The number of esters is 2. The predicted molar refractivity (Wildman–Crippen MR) is 128 cm³/mol. The summed E-state index contributed by atoms with van der Waals surface area (Å²) in [7, 11) is 0. The third kappa shape index (κ3) is 11.4. The van der Waals surface area contributed by atoms with E-state index < -0.39 is 11.9 Å². The van der Waals surface area contributed by atoms with Gasteiger partial charge in [-0.25, -0.2) is 9.59 Å². The Balaban J connectivity index is 2.30. The molecular weight excluding hydrogens is 388 g/mol. The summed E-state index contributed by atoms with van der Waals surface area (Å²) in [6, 6.07) is 6.76. The van der Waals surface area contributed by atoms with E-state index >= 15 is 0 Å². The molecule has 0 heterocycles. The average molecular weight is 433 g/mol. The maximum Gasteiger partial charge on any atom is 0.339 e. The molecule has 0 radical (unpaired) electrons. The Bertz CT molecular complexity index is 623. The van der Waals surface area contributed by atoms with Crippen LogP contribution in [0.15, 0.2) is 24.3 Å². The molecule has 1 aromatic rings. The monoisotopic (exact) mass is 432 g/mol. The third-order valence-electron chi connectivity index (χ3n) is 5.75. The quantitative estimate of drug-likeness (QED) is 0.186. The molecule has 0 saturated carbocycles. The van der Waals surface area contributed by atoms with Crippen LogP contribution in [0.25, 0.3) is 0 Å². The summed E-state index contributed by atoms with van der Waals surface area (Å²) in [5.41, 5.74) is 0.569. The Morgan fingerprint density at radius 2 is 1.23 bits per heavy atom. The first-order valence-corrected chi connectivity index (χ1v) is 12.5. The van der Waals surface area contributed by atoms with Crippen LogP contribution in [0.4, 0.5) is 0 Å². The lowest BCUT2D eigenvalue weighted by Gasteiger charge is -2.20. The van der Waals surface area contributed by atoms with Crippen LogP contribution in [-0.4, -0.2) is 24.6 Å². The SMILES string of the molecule is CCCCCCCCCCCCCOC(=O)c1ccccc1C(=O)OC(CC)C(C)C. The van der Waals surface area contributed by atoms with Crippen molar-refractivity contribution >= 4 is 11.9 Å². The molecule has 1 unspecified atom stereocenters. The van der Waals surface area contributed by atoms with Crippen LogP contribution in [0.3, 0.4) is 0 Å². The smallest absolute Gasteiger partial charge is 0.339 e. The van der Waals surface area contributed by atoms with Gasteiger partial charge in [-0.1, -0.05) is 104 Å². The lowest BCUT2D eigenvalue weighted by molar-refractivity contribution is 0.0167. The number of unbranched alkanes of at least 4 members (excludes halogenated alkanes) is 10. The van der Waals surface area contributed by atoms with Crippen LogP contribution in [-0.2, 0) is 9.47 Å². The molecule has 4 nitrogen and oxygen atoms in total. The first-order chi connectivity index (χ1) is 15.0. The number of benzene rings is 1. The molecule has 0 fully saturated rings. The number of hydrogen-bond acceptors (Lipinski definition) is 4. The van der Waals surface area contributed by atoms with Crippen molar-refractivity contribution in [3.8, 4) is 0 Å².